The summed E-state index contributed by atoms with van der Waals surface area (Å²) in [5.74, 6) is 0.290. The van der Waals surface area contributed by atoms with Crippen molar-refractivity contribution in [1.82, 2.24) is 15.1 Å². The standard InChI is InChI=1S/C14H27N3O/c18-14(17-10-3-1-2-4-11-17)13-15-7-12-16-8-5-6-9-16/h15H,1-13H2. The van der Waals surface area contributed by atoms with Crippen molar-refractivity contribution in [3.8, 4) is 0 Å². The van der Waals surface area contributed by atoms with Crippen LogP contribution in [0.3, 0.4) is 0 Å². The second-order valence-corrected chi connectivity index (χ2v) is 5.52. The van der Waals surface area contributed by atoms with E-state index in [-0.39, 0.29) is 0 Å². The Morgan fingerprint density at radius 3 is 2.17 bits per heavy atom. The van der Waals surface area contributed by atoms with Gasteiger partial charge in [0.25, 0.3) is 0 Å². The van der Waals surface area contributed by atoms with Gasteiger partial charge in [-0.3, -0.25) is 4.79 Å². The summed E-state index contributed by atoms with van der Waals surface area (Å²) in [6, 6.07) is 0. The zero-order valence-electron chi connectivity index (χ0n) is 11.5. The van der Waals surface area contributed by atoms with Crippen LogP contribution in [0.4, 0.5) is 0 Å². The Kier molecular flexibility index (Phi) is 5.94. The van der Waals surface area contributed by atoms with Gasteiger partial charge in [-0.25, -0.2) is 0 Å². The number of carbonyl (C=O) groups is 1. The first-order valence-corrected chi connectivity index (χ1v) is 7.57. The third-order valence-electron chi connectivity index (χ3n) is 4.04. The average molecular weight is 253 g/mol. The van der Waals surface area contributed by atoms with Crippen molar-refractivity contribution in [2.24, 2.45) is 0 Å². The van der Waals surface area contributed by atoms with Crippen LogP contribution < -0.4 is 5.32 Å². The van der Waals surface area contributed by atoms with E-state index in [4.69, 9.17) is 0 Å². The van der Waals surface area contributed by atoms with Gasteiger partial charge in [0.15, 0.2) is 0 Å². The molecular formula is C14H27N3O. The van der Waals surface area contributed by atoms with Crippen LogP contribution in [0.2, 0.25) is 0 Å². The molecule has 0 atom stereocenters. The molecule has 4 heteroatoms. The molecule has 1 amide bonds. The van der Waals surface area contributed by atoms with Crippen LogP contribution in [-0.4, -0.2) is 61.5 Å². The maximum absolute atomic E-state index is 12.0. The molecule has 0 aromatic carbocycles. The lowest BCUT2D eigenvalue weighted by molar-refractivity contribution is -0.130. The molecule has 0 saturated carbocycles. The third-order valence-corrected chi connectivity index (χ3v) is 4.04. The van der Waals surface area contributed by atoms with Gasteiger partial charge < -0.3 is 15.1 Å². The van der Waals surface area contributed by atoms with E-state index < -0.39 is 0 Å². The molecule has 0 aliphatic carbocycles. The quantitative estimate of drug-likeness (QED) is 0.745. The monoisotopic (exact) mass is 253 g/mol. The molecule has 2 saturated heterocycles. The van der Waals surface area contributed by atoms with Crippen LogP contribution in [0.15, 0.2) is 0 Å². The molecule has 0 bridgehead atoms. The molecule has 1 N–H and O–H groups in total. The summed E-state index contributed by atoms with van der Waals surface area (Å²) in [7, 11) is 0. The number of nitrogens with one attached hydrogen (secondary N) is 1. The van der Waals surface area contributed by atoms with Crippen LogP contribution in [0.25, 0.3) is 0 Å². The van der Waals surface area contributed by atoms with Crippen molar-refractivity contribution in [3.05, 3.63) is 0 Å². The summed E-state index contributed by atoms with van der Waals surface area (Å²) in [6.45, 7) is 6.96. The fraction of sp³-hybridized carbons (Fsp3) is 0.929. The van der Waals surface area contributed by atoms with Crippen molar-refractivity contribution in [2.45, 2.75) is 38.5 Å². The Morgan fingerprint density at radius 1 is 0.889 bits per heavy atom. The maximum Gasteiger partial charge on any atom is 0.236 e. The van der Waals surface area contributed by atoms with E-state index in [1.807, 2.05) is 4.90 Å². The number of hydrogen-bond donors (Lipinski definition) is 1. The van der Waals surface area contributed by atoms with Gasteiger partial charge in [0.2, 0.25) is 5.91 Å². The molecule has 2 heterocycles. The molecule has 0 unspecified atom stereocenters. The predicted octanol–water partition coefficient (Wildman–Crippen LogP) is 1.07. The molecule has 2 aliphatic heterocycles. The number of amides is 1. The Hall–Kier alpha value is -0.610. The van der Waals surface area contributed by atoms with E-state index in [0.717, 1.165) is 26.2 Å². The minimum Gasteiger partial charge on any atom is -0.342 e. The van der Waals surface area contributed by atoms with Crippen LogP contribution in [0.5, 0.6) is 0 Å². The summed E-state index contributed by atoms with van der Waals surface area (Å²) in [6.07, 6.45) is 7.61. The van der Waals surface area contributed by atoms with Gasteiger partial charge in [0.05, 0.1) is 6.54 Å². The smallest absolute Gasteiger partial charge is 0.236 e. The molecule has 0 aromatic heterocycles. The lowest BCUT2D eigenvalue weighted by Gasteiger charge is -2.21. The van der Waals surface area contributed by atoms with Gasteiger partial charge in [0, 0.05) is 26.2 Å². The highest BCUT2D eigenvalue weighted by molar-refractivity contribution is 5.78. The summed E-state index contributed by atoms with van der Waals surface area (Å²) in [5.41, 5.74) is 0. The van der Waals surface area contributed by atoms with Gasteiger partial charge in [-0.1, -0.05) is 12.8 Å². The molecule has 4 nitrogen and oxygen atoms in total. The highest BCUT2D eigenvalue weighted by Gasteiger charge is 2.15. The first kappa shape index (κ1) is 13.8. The van der Waals surface area contributed by atoms with Crippen molar-refractivity contribution in [3.63, 3.8) is 0 Å². The second-order valence-electron chi connectivity index (χ2n) is 5.52. The van der Waals surface area contributed by atoms with Crippen molar-refractivity contribution >= 4 is 5.91 Å². The van der Waals surface area contributed by atoms with Crippen LogP contribution in [-0.2, 0) is 4.79 Å². The van der Waals surface area contributed by atoms with E-state index >= 15 is 0 Å². The summed E-state index contributed by atoms with van der Waals surface area (Å²) in [4.78, 5) is 16.5. The van der Waals surface area contributed by atoms with Gasteiger partial charge in [-0.15, -0.1) is 0 Å². The first-order valence-electron chi connectivity index (χ1n) is 7.57. The zero-order valence-corrected chi connectivity index (χ0v) is 11.5. The number of carbonyl (C=O) groups excluding carboxylic acids is 1. The molecule has 104 valence electrons. The Morgan fingerprint density at radius 2 is 1.50 bits per heavy atom. The molecule has 0 aromatic rings. The number of nitrogens with zero attached hydrogens (tertiary/aromatic N) is 2. The first-order chi connectivity index (χ1) is 8.86. The topological polar surface area (TPSA) is 35.6 Å². The fourth-order valence-electron chi connectivity index (χ4n) is 2.87. The number of hydrogen-bond acceptors (Lipinski definition) is 3. The highest BCUT2D eigenvalue weighted by Crippen LogP contribution is 2.09. The maximum atomic E-state index is 12.0. The van der Waals surface area contributed by atoms with Crippen LogP contribution in [0.1, 0.15) is 38.5 Å². The number of rotatable bonds is 5. The van der Waals surface area contributed by atoms with Gasteiger partial charge >= 0.3 is 0 Å². The second kappa shape index (κ2) is 7.74. The van der Waals surface area contributed by atoms with Crippen LogP contribution in [0, 0.1) is 0 Å². The van der Waals surface area contributed by atoms with E-state index in [2.05, 4.69) is 10.2 Å². The van der Waals surface area contributed by atoms with Crippen molar-refractivity contribution in [1.29, 1.82) is 0 Å². The Labute approximate surface area is 111 Å². The largest absolute Gasteiger partial charge is 0.342 e. The fourth-order valence-corrected chi connectivity index (χ4v) is 2.87. The lowest BCUT2D eigenvalue weighted by Crippen LogP contribution is -2.40. The highest BCUT2D eigenvalue weighted by atomic mass is 16.2. The lowest BCUT2D eigenvalue weighted by atomic mass is 10.2. The Bertz CT molecular complexity index is 243. The molecule has 2 fully saturated rings. The predicted molar refractivity (Wildman–Crippen MR) is 73.6 cm³/mol. The zero-order chi connectivity index (χ0) is 12.6. The SMILES string of the molecule is O=C(CNCCN1CCCC1)N1CCCCCC1. The molecule has 2 aliphatic rings. The van der Waals surface area contributed by atoms with E-state index in [9.17, 15) is 4.79 Å². The molecule has 18 heavy (non-hydrogen) atoms. The molecular weight excluding hydrogens is 226 g/mol. The molecule has 2 rings (SSSR count). The minimum absolute atomic E-state index is 0.290. The van der Waals surface area contributed by atoms with Gasteiger partial charge in [-0.05, 0) is 38.8 Å². The van der Waals surface area contributed by atoms with Crippen molar-refractivity contribution in [2.75, 3.05) is 45.8 Å². The summed E-state index contributed by atoms with van der Waals surface area (Å²) in [5, 5.41) is 3.30. The third kappa shape index (κ3) is 4.58. The normalized spacial score (nSPS) is 22.1. The minimum atomic E-state index is 0.290. The number of likely N-dealkylation sites (tertiary alicyclic amines) is 2. The van der Waals surface area contributed by atoms with E-state index in [1.54, 1.807) is 0 Å². The average Bonchev–Trinajstić information content (AvgIpc) is 2.74. The summed E-state index contributed by atoms with van der Waals surface area (Å²) < 4.78 is 0. The summed E-state index contributed by atoms with van der Waals surface area (Å²) >= 11 is 0. The van der Waals surface area contributed by atoms with Crippen molar-refractivity contribution < 1.29 is 4.79 Å². The molecule has 0 spiro atoms. The van der Waals surface area contributed by atoms with Gasteiger partial charge in [0.1, 0.15) is 0 Å². The van der Waals surface area contributed by atoms with Crippen LogP contribution >= 0.6 is 0 Å². The van der Waals surface area contributed by atoms with E-state index in [1.165, 1.54) is 51.6 Å². The molecule has 0 radical (unpaired) electrons. The van der Waals surface area contributed by atoms with Gasteiger partial charge in [-0.2, -0.15) is 0 Å². The Balaban J connectivity index is 1.55. The van der Waals surface area contributed by atoms with E-state index in [0.29, 0.717) is 12.5 Å².